The normalized spacial score (nSPS) is 20.6. The lowest BCUT2D eigenvalue weighted by Gasteiger charge is -2.27. The molecule has 0 bridgehead atoms. The van der Waals surface area contributed by atoms with Crippen LogP contribution < -0.4 is 10.2 Å². The lowest BCUT2D eigenvalue weighted by Crippen LogP contribution is -2.37. The summed E-state index contributed by atoms with van der Waals surface area (Å²) in [6, 6.07) is 15.0. The Morgan fingerprint density at radius 3 is 2.81 bits per heavy atom. The molecule has 0 aliphatic carbocycles. The summed E-state index contributed by atoms with van der Waals surface area (Å²) in [5.74, 6) is -0.552. The number of aromatic nitrogens is 3. The van der Waals surface area contributed by atoms with Gasteiger partial charge in [-0.15, -0.1) is 16.9 Å². The molecule has 12 heteroatoms. The van der Waals surface area contributed by atoms with Crippen molar-refractivity contribution >= 4 is 35.1 Å². The number of fused-ring (bicyclic) bond motifs is 1. The molecule has 4 aromatic rings. The second kappa shape index (κ2) is 12.3. The fraction of sp³-hybridized carbons (Fsp3) is 0.355. The van der Waals surface area contributed by atoms with Gasteiger partial charge in [0, 0.05) is 37.0 Å². The lowest BCUT2D eigenvalue weighted by atomic mass is 10.0. The Kier molecular flexibility index (Phi) is 8.31. The predicted molar refractivity (Wildman–Crippen MR) is 160 cm³/mol. The molecule has 1 N–H and O–H groups in total. The van der Waals surface area contributed by atoms with E-state index in [-0.39, 0.29) is 42.4 Å². The Morgan fingerprint density at radius 1 is 1.14 bits per heavy atom. The van der Waals surface area contributed by atoms with Gasteiger partial charge in [-0.1, -0.05) is 12.1 Å². The smallest absolute Gasteiger partial charge is 0.337 e. The molecular weight excluding hydrogens is 574 g/mol. The van der Waals surface area contributed by atoms with Crippen molar-refractivity contribution in [2.24, 2.45) is 0 Å². The van der Waals surface area contributed by atoms with Gasteiger partial charge in [0.25, 0.3) is 5.91 Å². The van der Waals surface area contributed by atoms with Gasteiger partial charge in [-0.3, -0.25) is 9.69 Å². The largest absolute Gasteiger partial charge is 0.465 e. The van der Waals surface area contributed by atoms with Crippen LogP contribution in [0.25, 0.3) is 5.65 Å². The predicted octanol–water partition coefficient (Wildman–Crippen LogP) is 4.67. The number of methoxy groups -OCH3 is 1. The van der Waals surface area contributed by atoms with Crippen LogP contribution in [0.1, 0.15) is 50.9 Å². The summed E-state index contributed by atoms with van der Waals surface area (Å²) in [5.41, 5.74) is 3.00. The third-order valence-electron chi connectivity index (χ3n) is 8.04. The molecule has 0 radical (unpaired) electrons. The molecule has 3 atom stereocenters. The van der Waals surface area contributed by atoms with Crippen LogP contribution >= 0.6 is 11.8 Å². The van der Waals surface area contributed by atoms with Crippen LogP contribution in [0.3, 0.4) is 0 Å². The first kappa shape index (κ1) is 29.1. The van der Waals surface area contributed by atoms with E-state index in [1.165, 1.54) is 41.7 Å². The molecule has 224 valence electrons. The van der Waals surface area contributed by atoms with Gasteiger partial charge in [0.2, 0.25) is 0 Å². The minimum Gasteiger partial charge on any atom is -0.465 e. The number of carbonyl (C=O) groups excluding carboxylic acids is 2. The maximum atomic E-state index is 14.8. The number of anilines is 1. The summed E-state index contributed by atoms with van der Waals surface area (Å²) in [5, 5.41) is 7.81. The van der Waals surface area contributed by atoms with Gasteiger partial charge in [-0.25, -0.2) is 23.1 Å². The molecule has 43 heavy (non-hydrogen) atoms. The number of hydrogen-bond acceptors (Lipinski definition) is 8. The number of nitrogens with one attached hydrogen (secondary N) is 1. The van der Waals surface area contributed by atoms with Crippen LogP contribution in [0.2, 0.25) is 0 Å². The molecule has 4 heterocycles. The van der Waals surface area contributed by atoms with E-state index < -0.39 is 12.2 Å². The second-order valence-electron chi connectivity index (χ2n) is 10.9. The number of imidazole rings is 1. The van der Waals surface area contributed by atoms with E-state index in [2.05, 4.69) is 15.2 Å². The fourth-order valence-corrected chi connectivity index (χ4v) is 6.63. The Labute approximate surface area is 252 Å². The number of benzene rings is 2. The molecule has 6 rings (SSSR count). The van der Waals surface area contributed by atoms with Crippen LogP contribution in [0, 0.1) is 5.82 Å². The number of thioether (sulfide) groups is 1. The first-order chi connectivity index (χ1) is 20.8. The highest BCUT2D eigenvalue weighted by molar-refractivity contribution is 7.98. The number of amides is 1. The molecule has 2 aliphatic rings. The van der Waals surface area contributed by atoms with Crippen LogP contribution in [0.5, 0.6) is 0 Å². The Balaban J connectivity index is 1.17. The summed E-state index contributed by atoms with van der Waals surface area (Å²) >= 11 is 1.49. The van der Waals surface area contributed by atoms with Gasteiger partial charge < -0.3 is 15.0 Å². The summed E-state index contributed by atoms with van der Waals surface area (Å²) in [7, 11) is 1.36. The number of nitrogens with zero attached hydrogens (tertiary/aromatic N) is 5. The average molecular weight is 607 g/mol. The number of alkyl halides is 1. The van der Waals surface area contributed by atoms with Crippen molar-refractivity contribution in [1.82, 2.24) is 24.8 Å². The molecule has 0 spiro atoms. The first-order valence-corrected chi connectivity index (χ1v) is 15.3. The zero-order chi connectivity index (χ0) is 30.1. The molecular formula is C31H32F2N6O3S. The third kappa shape index (κ3) is 6.07. The first-order valence-electron chi connectivity index (χ1n) is 14.1. The van der Waals surface area contributed by atoms with E-state index in [1.807, 2.05) is 29.4 Å². The lowest BCUT2D eigenvalue weighted by molar-refractivity contribution is 0.0600. The van der Waals surface area contributed by atoms with Gasteiger partial charge in [0.15, 0.2) is 11.3 Å². The quantitative estimate of drug-likeness (QED) is 0.229. The van der Waals surface area contributed by atoms with Crippen molar-refractivity contribution < 1.29 is 23.1 Å². The summed E-state index contributed by atoms with van der Waals surface area (Å²) < 4.78 is 35.3. The summed E-state index contributed by atoms with van der Waals surface area (Å²) in [4.78, 5) is 34.6. The van der Waals surface area contributed by atoms with E-state index in [0.717, 1.165) is 29.0 Å². The van der Waals surface area contributed by atoms with E-state index in [9.17, 15) is 18.4 Å². The highest BCUT2D eigenvalue weighted by atomic mass is 32.2. The van der Waals surface area contributed by atoms with Gasteiger partial charge in [0.05, 0.1) is 31.5 Å². The Bertz CT molecular complexity index is 1670. The van der Waals surface area contributed by atoms with Crippen molar-refractivity contribution in [3.63, 3.8) is 0 Å². The van der Waals surface area contributed by atoms with E-state index in [4.69, 9.17) is 9.84 Å². The zero-order valence-electron chi connectivity index (χ0n) is 23.9. The molecule has 2 fully saturated rings. The molecule has 2 aliphatic heterocycles. The van der Waals surface area contributed by atoms with E-state index in [0.29, 0.717) is 30.1 Å². The number of hydrogen-bond donors (Lipinski definition) is 1. The van der Waals surface area contributed by atoms with Crippen molar-refractivity contribution in [1.29, 1.82) is 0 Å². The van der Waals surface area contributed by atoms with Crippen LogP contribution in [-0.4, -0.2) is 76.6 Å². The highest BCUT2D eigenvalue weighted by Crippen LogP contribution is 2.40. The highest BCUT2D eigenvalue weighted by Gasteiger charge is 2.36. The van der Waals surface area contributed by atoms with Crippen LogP contribution in [0.4, 0.5) is 14.6 Å². The molecule has 1 amide bonds. The molecule has 3 unspecified atom stereocenters. The molecule has 2 aromatic carbocycles. The maximum Gasteiger partial charge on any atom is 0.337 e. The Morgan fingerprint density at radius 2 is 2.00 bits per heavy atom. The van der Waals surface area contributed by atoms with Gasteiger partial charge in [-0.2, -0.15) is 0 Å². The SMILES string of the molecule is COC(=O)c1cccc(CN2CCC(NC(=O)c3cnc4ccc(N5CC(F)CC5c5cc(F)ccc5SC)nn34)C2)c1. The number of esters is 1. The van der Waals surface area contributed by atoms with Gasteiger partial charge in [-0.05, 0) is 66.3 Å². The zero-order valence-corrected chi connectivity index (χ0v) is 24.7. The number of carbonyl (C=O) groups is 2. The van der Waals surface area contributed by atoms with Crippen LogP contribution in [0.15, 0.2) is 65.7 Å². The Hall–Kier alpha value is -4.03. The minimum atomic E-state index is -1.10. The van der Waals surface area contributed by atoms with Crippen molar-refractivity contribution in [2.75, 3.05) is 37.9 Å². The number of ether oxygens (including phenoxy) is 1. The van der Waals surface area contributed by atoms with E-state index in [1.54, 1.807) is 24.3 Å². The number of halogens is 2. The monoisotopic (exact) mass is 606 g/mol. The number of rotatable bonds is 8. The second-order valence-corrected chi connectivity index (χ2v) is 11.7. The van der Waals surface area contributed by atoms with Crippen molar-refractivity contribution in [2.45, 2.75) is 42.5 Å². The minimum absolute atomic E-state index is 0.0711. The van der Waals surface area contributed by atoms with Gasteiger partial charge >= 0.3 is 5.97 Å². The van der Waals surface area contributed by atoms with Gasteiger partial charge in [0.1, 0.15) is 17.8 Å². The third-order valence-corrected chi connectivity index (χ3v) is 8.85. The molecule has 0 saturated carbocycles. The van der Waals surface area contributed by atoms with Crippen LogP contribution in [-0.2, 0) is 11.3 Å². The fourth-order valence-electron chi connectivity index (χ4n) is 6.00. The summed E-state index contributed by atoms with van der Waals surface area (Å²) in [6.07, 6.45) is 3.30. The number of likely N-dealkylation sites (tertiary alicyclic amines) is 1. The van der Waals surface area contributed by atoms with Crippen molar-refractivity contribution in [3.05, 3.63) is 89.0 Å². The van der Waals surface area contributed by atoms with E-state index >= 15 is 0 Å². The molecule has 9 nitrogen and oxygen atoms in total. The molecule has 2 aromatic heterocycles. The summed E-state index contributed by atoms with van der Waals surface area (Å²) in [6.45, 7) is 2.21. The topological polar surface area (TPSA) is 92.1 Å². The standard InChI is InChI=1S/C31H32F2N6O3S/c1-42-31(41)20-5-3-4-19(12-20)16-37-11-10-23(18-37)35-30(40)26-15-34-28-8-9-29(36-39(26)28)38-17-22(33)14-25(38)24-13-21(32)6-7-27(24)43-2/h3-9,12-13,15,22-23,25H,10-11,14,16-18H2,1-2H3,(H,35,40). The maximum absolute atomic E-state index is 14.8. The molecule has 2 saturated heterocycles. The average Bonchev–Trinajstić information content (AvgIpc) is 3.74. The van der Waals surface area contributed by atoms with Crippen molar-refractivity contribution in [3.8, 4) is 0 Å².